The molecule has 0 aliphatic carbocycles. The third-order valence-corrected chi connectivity index (χ3v) is 5.23. The number of ether oxygens (including phenoxy) is 2. The van der Waals surface area contributed by atoms with Crippen molar-refractivity contribution in [1.82, 2.24) is 4.57 Å². The fourth-order valence-corrected chi connectivity index (χ4v) is 3.31. The molecule has 0 spiro atoms. The molecule has 0 fully saturated rings. The molecule has 2 heterocycles. The lowest BCUT2D eigenvalue weighted by Crippen LogP contribution is -2.23. The molecule has 3 aromatic rings. The number of benzene rings is 1. The molecule has 0 unspecified atom stereocenters. The summed E-state index contributed by atoms with van der Waals surface area (Å²) in [5.74, 6) is 0.797. The molecule has 0 saturated carbocycles. The molecule has 0 aliphatic heterocycles. The summed E-state index contributed by atoms with van der Waals surface area (Å²) in [7, 11) is 1.59. The number of aromatic nitrogens is 1. The molecule has 0 atom stereocenters. The number of furan rings is 1. The van der Waals surface area contributed by atoms with Crippen LogP contribution >= 0.6 is 0 Å². The molecule has 0 saturated heterocycles. The predicted molar refractivity (Wildman–Crippen MR) is 117 cm³/mol. The van der Waals surface area contributed by atoms with Crippen molar-refractivity contribution < 1.29 is 23.5 Å². The summed E-state index contributed by atoms with van der Waals surface area (Å²) in [6.07, 6.45) is 2.21. The minimum absolute atomic E-state index is 0.149. The van der Waals surface area contributed by atoms with Gasteiger partial charge >= 0.3 is 5.97 Å². The van der Waals surface area contributed by atoms with Gasteiger partial charge in [-0.15, -0.1) is 0 Å². The molecule has 3 rings (SSSR count). The zero-order valence-electron chi connectivity index (χ0n) is 18.3. The average molecular weight is 435 g/mol. The van der Waals surface area contributed by atoms with E-state index in [0.29, 0.717) is 30.1 Å². The zero-order chi connectivity index (χ0) is 23.1. The van der Waals surface area contributed by atoms with Crippen molar-refractivity contribution in [3.8, 4) is 11.8 Å². The number of nitriles is 1. The number of esters is 1. The van der Waals surface area contributed by atoms with Crippen LogP contribution in [0.15, 0.2) is 47.1 Å². The summed E-state index contributed by atoms with van der Waals surface area (Å²) >= 11 is 0. The van der Waals surface area contributed by atoms with Gasteiger partial charge in [-0.3, -0.25) is 9.59 Å². The van der Waals surface area contributed by atoms with E-state index in [1.165, 1.54) is 0 Å². The molecule has 32 heavy (non-hydrogen) atoms. The molecule has 1 N–H and O–H groups in total. The van der Waals surface area contributed by atoms with Crippen LogP contribution in [-0.2, 0) is 27.3 Å². The van der Waals surface area contributed by atoms with E-state index in [4.69, 9.17) is 13.9 Å². The molecule has 1 amide bonds. The molecule has 8 heteroatoms. The first-order valence-electron chi connectivity index (χ1n) is 10.1. The molecular weight excluding hydrogens is 410 g/mol. The van der Waals surface area contributed by atoms with E-state index in [-0.39, 0.29) is 6.42 Å². The van der Waals surface area contributed by atoms with Crippen molar-refractivity contribution in [3.63, 3.8) is 0 Å². The minimum Gasteiger partial charge on any atom is -0.497 e. The third-order valence-electron chi connectivity index (χ3n) is 5.23. The number of hydrogen-bond donors (Lipinski definition) is 1. The second-order valence-corrected chi connectivity index (χ2v) is 7.27. The van der Waals surface area contributed by atoms with Gasteiger partial charge in [0.15, 0.2) is 6.61 Å². The summed E-state index contributed by atoms with van der Waals surface area (Å²) in [5.41, 5.74) is 2.94. The van der Waals surface area contributed by atoms with E-state index in [2.05, 4.69) is 11.4 Å². The molecule has 166 valence electrons. The topological polar surface area (TPSA) is 106 Å². The van der Waals surface area contributed by atoms with Crippen LogP contribution in [0.1, 0.15) is 34.6 Å². The second kappa shape index (κ2) is 10.4. The number of anilines is 1. The van der Waals surface area contributed by atoms with Gasteiger partial charge < -0.3 is 23.8 Å². The average Bonchev–Trinajstić information content (AvgIpc) is 3.39. The van der Waals surface area contributed by atoms with E-state index in [0.717, 1.165) is 22.6 Å². The van der Waals surface area contributed by atoms with Crippen LogP contribution < -0.4 is 10.1 Å². The van der Waals surface area contributed by atoms with Crippen molar-refractivity contribution >= 4 is 17.7 Å². The molecule has 8 nitrogen and oxygen atoms in total. The zero-order valence-corrected chi connectivity index (χ0v) is 18.3. The first-order chi connectivity index (χ1) is 15.4. The molecule has 1 aromatic carbocycles. The van der Waals surface area contributed by atoms with Crippen LogP contribution in [-0.4, -0.2) is 30.2 Å². The maximum Gasteiger partial charge on any atom is 0.306 e. The van der Waals surface area contributed by atoms with Crippen molar-refractivity contribution in [3.05, 3.63) is 70.8 Å². The predicted octanol–water partition coefficient (Wildman–Crippen LogP) is 3.74. The smallest absolute Gasteiger partial charge is 0.306 e. The molecule has 0 radical (unpaired) electrons. The highest BCUT2D eigenvalue weighted by atomic mass is 16.5. The SMILES string of the molecule is COc1ccc(CCC(=O)OCC(=O)Nc2c(C#N)c(C)c(C)n2Cc2ccco2)cc1. The first kappa shape index (κ1) is 22.7. The van der Waals surface area contributed by atoms with E-state index >= 15 is 0 Å². The Morgan fingerprint density at radius 3 is 2.56 bits per heavy atom. The second-order valence-electron chi connectivity index (χ2n) is 7.27. The van der Waals surface area contributed by atoms with Crippen molar-refractivity contribution in [2.45, 2.75) is 33.2 Å². The van der Waals surface area contributed by atoms with Crippen LogP contribution in [0.5, 0.6) is 5.75 Å². The maximum atomic E-state index is 12.5. The van der Waals surface area contributed by atoms with Gasteiger partial charge in [0, 0.05) is 12.1 Å². The van der Waals surface area contributed by atoms with Crippen molar-refractivity contribution in [2.24, 2.45) is 0 Å². The largest absolute Gasteiger partial charge is 0.497 e. The number of carbonyl (C=O) groups excluding carboxylic acids is 2. The number of methoxy groups -OCH3 is 1. The summed E-state index contributed by atoms with van der Waals surface area (Å²) in [6, 6.07) is 13.1. The van der Waals surface area contributed by atoms with Crippen LogP contribution in [0, 0.1) is 25.2 Å². The van der Waals surface area contributed by atoms with Crippen LogP contribution in [0.4, 0.5) is 5.82 Å². The van der Waals surface area contributed by atoms with E-state index in [1.807, 2.05) is 44.2 Å². The standard InChI is InChI=1S/C24H25N3O5/c1-16-17(2)27(14-20-5-4-12-31-20)24(21(16)13-25)26-22(28)15-32-23(29)11-8-18-6-9-19(30-3)10-7-18/h4-7,9-10,12H,8,11,14-15H2,1-3H3,(H,26,28). The summed E-state index contributed by atoms with van der Waals surface area (Å²) < 4.78 is 17.4. The van der Waals surface area contributed by atoms with Crippen molar-refractivity contribution in [2.75, 3.05) is 19.0 Å². The van der Waals surface area contributed by atoms with E-state index in [9.17, 15) is 14.9 Å². The highest BCUT2D eigenvalue weighted by Gasteiger charge is 2.21. The Morgan fingerprint density at radius 1 is 1.19 bits per heavy atom. The monoisotopic (exact) mass is 435 g/mol. The lowest BCUT2D eigenvalue weighted by Gasteiger charge is -2.12. The van der Waals surface area contributed by atoms with Gasteiger partial charge in [-0.05, 0) is 55.7 Å². The number of carbonyl (C=O) groups is 2. The number of nitrogens with zero attached hydrogens (tertiary/aromatic N) is 2. The molecule has 0 bridgehead atoms. The van der Waals surface area contributed by atoms with Gasteiger partial charge in [0.2, 0.25) is 0 Å². The van der Waals surface area contributed by atoms with E-state index < -0.39 is 18.5 Å². The highest BCUT2D eigenvalue weighted by Crippen LogP contribution is 2.27. The van der Waals surface area contributed by atoms with Crippen molar-refractivity contribution in [1.29, 1.82) is 5.26 Å². The first-order valence-corrected chi connectivity index (χ1v) is 10.1. The molecular formula is C24H25N3O5. The molecule has 0 aliphatic rings. The minimum atomic E-state index is -0.516. The Labute approximate surface area is 186 Å². The fraction of sp³-hybridized carbons (Fsp3) is 0.292. The summed E-state index contributed by atoms with van der Waals surface area (Å²) in [6.45, 7) is 3.62. The van der Waals surface area contributed by atoms with Crippen LogP contribution in [0.2, 0.25) is 0 Å². The maximum absolute atomic E-state index is 12.5. The number of rotatable bonds is 9. The Morgan fingerprint density at radius 2 is 1.94 bits per heavy atom. The van der Waals surface area contributed by atoms with Gasteiger partial charge in [0.25, 0.3) is 5.91 Å². The Bertz CT molecular complexity index is 1120. The third kappa shape index (κ3) is 5.38. The lowest BCUT2D eigenvalue weighted by atomic mass is 10.1. The summed E-state index contributed by atoms with van der Waals surface area (Å²) in [5, 5.41) is 12.3. The quantitative estimate of drug-likeness (QED) is 0.513. The number of amides is 1. The Hall–Kier alpha value is -3.99. The van der Waals surface area contributed by atoms with Gasteiger partial charge in [-0.2, -0.15) is 5.26 Å². The highest BCUT2D eigenvalue weighted by molar-refractivity contribution is 5.93. The van der Waals surface area contributed by atoms with Gasteiger partial charge in [-0.1, -0.05) is 12.1 Å². The summed E-state index contributed by atoms with van der Waals surface area (Å²) in [4.78, 5) is 24.5. The Balaban J connectivity index is 1.58. The normalized spacial score (nSPS) is 10.4. The van der Waals surface area contributed by atoms with Crippen LogP contribution in [0.25, 0.3) is 0 Å². The van der Waals surface area contributed by atoms with Gasteiger partial charge in [0.1, 0.15) is 23.4 Å². The fourth-order valence-electron chi connectivity index (χ4n) is 3.31. The van der Waals surface area contributed by atoms with E-state index in [1.54, 1.807) is 24.0 Å². The van der Waals surface area contributed by atoms with Gasteiger partial charge in [0.05, 0.1) is 25.5 Å². The lowest BCUT2D eigenvalue weighted by molar-refractivity contribution is -0.147. The van der Waals surface area contributed by atoms with Crippen LogP contribution in [0.3, 0.4) is 0 Å². The number of aryl methyl sites for hydroxylation is 1. The number of hydrogen-bond acceptors (Lipinski definition) is 6. The Kier molecular flexibility index (Phi) is 7.34. The molecule has 2 aromatic heterocycles. The number of nitrogens with one attached hydrogen (secondary N) is 1. The van der Waals surface area contributed by atoms with Gasteiger partial charge in [-0.25, -0.2) is 0 Å².